The summed E-state index contributed by atoms with van der Waals surface area (Å²) >= 11 is 3.12. The van der Waals surface area contributed by atoms with Crippen molar-refractivity contribution in [2.45, 2.75) is 19.5 Å². The highest BCUT2D eigenvalue weighted by atomic mass is 79.9. The van der Waals surface area contributed by atoms with Crippen LogP contribution in [-0.4, -0.2) is 0 Å². The third-order valence-electron chi connectivity index (χ3n) is 2.97. The fourth-order valence-corrected chi connectivity index (χ4v) is 2.04. The van der Waals surface area contributed by atoms with Gasteiger partial charge in [0.05, 0.1) is 4.47 Å². The summed E-state index contributed by atoms with van der Waals surface area (Å²) in [6.45, 7) is 2.55. The minimum atomic E-state index is -0.270. The highest BCUT2D eigenvalue weighted by molar-refractivity contribution is 9.10. The van der Waals surface area contributed by atoms with Crippen LogP contribution < -0.4 is 5.32 Å². The van der Waals surface area contributed by atoms with Crippen molar-refractivity contribution in [3.8, 4) is 0 Å². The standard InChI is InChI=1S/C15H14BrF2N/c1-10(12-3-5-13(17)6-4-12)19-9-11-2-7-14(16)15(18)8-11/h2-8,10,19H,9H2,1H3/t10-/m1/s1. The van der Waals surface area contributed by atoms with Gasteiger partial charge < -0.3 is 5.32 Å². The molecule has 2 rings (SSSR count). The Bertz CT molecular complexity index is 555. The van der Waals surface area contributed by atoms with Crippen LogP contribution in [0.5, 0.6) is 0 Å². The maximum atomic E-state index is 13.4. The first-order valence-electron chi connectivity index (χ1n) is 5.99. The van der Waals surface area contributed by atoms with Crippen LogP contribution in [0.25, 0.3) is 0 Å². The summed E-state index contributed by atoms with van der Waals surface area (Å²) in [6.07, 6.45) is 0. The maximum Gasteiger partial charge on any atom is 0.137 e. The minimum absolute atomic E-state index is 0.0762. The first-order valence-corrected chi connectivity index (χ1v) is 6.78. The van der Waals surface area contributed by atoms with Gasteiger partial charge in [-0.3, -0.25) is 0 Å². The van der Waals surface area contributed by atoms with Crippen LogP contribution in [-0.2, 0) is 6.54 Å². The normalized spacial score (nSPS) is 12.4. The van der Waals surface area contributed by atoms with Crippen LogP contribution in [0.3, 0.4) is 0 Å². The molecule has 1 nitrogen and oxygen atoms in total. The van der Waals surface area contributed by atoms with Crippen LogP contribution in [0.1, 0.15) is 24.1 Å². The topological polar surface area (TPSA) is 12.0 Å². The molecule has 100 valence electrons. The Balaban J connectivity index is 1.98. The van der Waals surface area contributed by atoms with Crippen LogP contribution in [0.2, 0.25) is 0 Å². The van der Waals surface area contributed by atoms with Crippen molar-refractivity contribution >= 4 is 15.9 Å². The lowest BCUT2D eigenvalue weighted by molar-refractivity contribution is 0.565. The predicted molar refractivity (Wildman–Crippen MR) is 75.8 cm³/mol. The molecule has 0 radical (unpaired) electrons. The number of hydrogen-bond donors (Lipinski definition) is 1. The SMILES string of the molecule is C[C@@H](NCc1ccc(Br)c(F)c1)c1ccc(F)cc1. The smallest absolute Gasteiger partial charge is 0.137 e. The van der Waals surface area contributed by atoms with Crippen molar-refractivity contribution in [1.29, 1.82) is 0 Å². The van der Waals surface area contributed by atoms with Crippen molar-refractivity contribution < 1.29 is 8.78 Å². The molecule has 0 spiro atoms. The third kappa shape index (κ3) is 3.85. The molecule has 0 aliphatic carbocycles. The average Bonchev–Trinajstić information content (AvgIpc) is 2.40. The highest BCUT2D eigenvalue weighted by Crippen LogP contribution is 2.18. The Morgan fingerprint density at radius 2 is 1.79 bits per heavy atom. The zero-order chi connectivity index (χ0) is 13.8. The van der Waals surface area contributed by atoms with Crippen LogP contribution in [0, 0.1) is 11.6 Å². The molecule has 0 aromatic heterocycles. The largest absolute Gasteiger partial charge is 0.306 e. The molecule has 0 fully saturated rings. The van der Waals surface area contributed by atoms with Crippen molar-refractivity contribution in [3.05, 3.63) is 69.7 Å². The van der Waals surface area contributed by atoms with Gasteiger partial charge in [-0.15, -0.1) is 0 Å². The number of rotatable bonds is 4. The van der Waals surface area contributed by atoms with Crippen molar-refractivity contribution in [3.63, 3.8) is 0 Å². The number of benzene rings is 2. The number of nitrogens with one attached hydrogen (secondary N) is 1. The van der Waals surface area contributed by atoms with Gasteiger partial charge in [-0.05, 0) is 58.2 Å². The molecule has 2 aromatic carbocycles. The maximum absolute atomic E-state index is 13.4. The van der Waals surface area contributed by atoms with Crippen molar-refractivity contribution in [1.82, 2.24) is 5.32 Å². The lowest BCUT2D eigenvalue weighted by Crippen LogP contribution is -2.18. The first kappa shape index (κ1) is 14.2. The summed E-state index contributed by atoms with van der Waals surface area (Å²) in [5.41, 5.74) is 1.87. The van der Waals surface area contributed by atoms with E-state index in [0.717, 1.165) is 11.1 Å². The Hall–Kier alpha value is -1.26. The van der Waals surface area contributed by atoms with E-state index >= 15 is 0 Å². The molecule has 0 aliphatic rings. The Morgan fingerprint density at radius 3 is 2.42 bits per heavy atom. The lowest BCUT2D eigenvalue weighted by atomic mass is 10.1. The van der Waals surface area contributed by atoms with E-state index in [1.165, 1.54) is 18.2 Å². The van der Waals surface area contributed by atoms with Crippen LogP contribution >= 0.6 is 15.9 Å². The second kappa shape index (κ2) is 6.26. The molecule has 0 amide bonds. The van der Waals surface area contributed by atoms with E-state index in [1.807, 2.05) is 13.0 Å². The van der Waals surface area contributed by atoms with E-state index in [1.54, 1.807) is 18.2 Å². The van der Waals surface area contributed by atoms with Crippen molar-refractivity contribution in [2.75, 3.05) is 0 Å². The zero-order valence-electron chi connectivity index (χ0n) is 10.5. The van der Waals surface area contributed by atoms with Crippen molar-refractivity contribution in [2.24, 2.45) is 0 Å². The molecule has 0 aliphatic heterocycles. The summed E-state index contributed by atoms with van der Waals surface area (Å²) < 4.78 is 26.6. The van der Waals surface area contributed by atoms with Crippen LogP contribution in [0.15, 0.2) is 46.9 Å². The lowest BCUT2D eigenvalue weighted by Gasteiger charge is -2.14. The van der Waals surface area contributed by atoms with Gasteiger partial charge in [-0.25, -0.2) is 8.78 Å². The molecule has 0 saturated carbocycles. The molecular weight excluding hydrogens is 312 g/mol. The fraction of sp³-hybridized carbons (Fsp3) is 0.200. The van der Waals surface area contributed by atoms with Gasteiger partial charge in [0.1, 0.15) is 11.6 Å². The Labute approximate surface area is 119 Å². The molecule has 19 heavy (non-hydrogen) atoms. The van der Waals surface area contributed by atoms with E-state index in [0.29, 0.717) is 11.0 Å². The van der Waals surface area contributed by atoms with E-state index in [9.17, 15) is 8.78 Å². The molecule has 1 N–H and O–H groups in total. The molecule has 0 saturated heterocycles. The molecular formula is C15H14BrF2N. The van der Waals surface area contributed by atoms with Gasteiger partial charge >= 0.3 is 0 Å². The zero-order valence-corrected chi connectivity index (χ0v) is 12.0. The summed E-state index contributed by atoms with van der Waals surface area (Å²) in [5.74, 6) is -0.514. The third-order valence-corrected chi connectivity index (χ3v) is 3.61. The van der Waals surface area contributed by atoms with E-state index in [4.69, 9.17) is 0 Å². The van der Waals surface area contributed by atoms with Crippen LogP contribution in [0.4, 0.5) is 8.78 Å². The molecule has 4 heteroatoms. The summed E-state index contributed by atoms with van der Waals surface area (Å²) in [5, 5.41) is 3.28. The molecule has 0 unspecified atom stereocenters. The molecule has 0 bridgehead atoms. The van der Waals surface area contributed by atoms with Gasteiger partial charge in [0.2, 0.25) is 0 Å². The van der Waals surface area contributed by atoms with E-state index in [2.05, 4.69) is 21.2 Å². The minimum Gasteiger partial charge on any atom is -0.306 e. The highest BCUT2D eigenvalue weighted by Gasteiger charge is 2.06. The monoisotopic (exact) mass is 325 g/mol. The van der Waals surface area contributed by atoms with E-state index < -0.39 is 0 Å². The fourth-order valence-electron chi connectivity index (χ4n) is 1.79. The first-order chi connectivity index (χ1) is 9.06. The molecule has 2 aromatic rings. The Kier molecular flexibility index (Phi) is 4.66. The quantitative estimate of drug-likeness (QED) is 0.867. The predicted octanol–water partition coefficient (Wildman–Crippen LogP) is 4.58. The second-order valence-corrected chi connectivity index (χ2v) is 5.26. The number of halogens is 3. The van der Waals surface area contributed by atoms with E-state index in [-0.39, 0.29) is 17.7 Å². The average molecular weight is 326 g/mol. The Morgan fingerprint density at radius 1 is 1.11 bits per heavy atom. The van der Waals surface area contributed by atoms with Gasteiger partial charge in [0, 0.05) is 12.6 Å². The van der Waals surface area contributed by atoms with Gasteiger partial charge in [-0.1, -0.05) is 18.2 Å². The molecule has 0 heterocycles. The van der Waals surface area contributed by atoms with Gasteiger partial charge in [0.25, 0.3) is 0 Å². The molecule has 1 atom stereocenters. The van der Waals surface area contributed by atoms with Gasteiger partial charge in [0.15, 0.2) is 0 Å². The summed E-state index contributed by atoms with van der Waals surface area (Å²) in [4.78, 5) is 0. The van der Waals surface area contributed by atoms with Gasteiger partial charge in [-0.2, -0.15) is 0 Å². The number of hydrogen-bond acceptors (Lipinski definition) is 1. The summed E-state index contributed by atoms with van der Waals surface area (Å²) in [6, 6.07) is 11.5. The summed E-state index contributed by atoms with van der Waals surface area (Å²) in [7, 11) is 0. The second-order valence-electron chi connectivity index (χ2n) is 4.40.